The minimum Gasteiger partial charge on any atom is -0.481 e. The Bertz CT molecular complexity index is 400. The molecule has 112 valence electrons. The fourth-order valence-corrected chi connectivity index (χ4v) is 3.29. The van der Waals surface area contributed by atoms with Crippen LogP contribution in [-0.4, -0.2) is 48.1 Å². The van der Waals surface area contributed by atoms with E-state index < -0.39 is 11.9 Å². The highest BCUT2D eigenvalue weighted by Gasteiger charge is 2.40. The Morgan fingerprint density at radius 3 is 2.20 bits per heavy atom. The first-order chi connectivity index (χ1) is 9.54. The van der Waals surface area contributed by atoms with Crippen molar-refractivity contribution >= 4 is 17.8 Å². The molecule has 0 unspecified atom stereocenters. The summed E-state index contributed by atoms with van der Waals surface area (Å²) in [5, 5.41) is 9.15. The maximum Gasteiger partial charge on any atom is 0.308 e. The van der Waals surface area contributed by atoms with Crippen LogP contribution >= 0.6 is 0 Å². The topological polar surface area (TPSA) is 83.9 Å². The summed E-state index contributed by atoms with van der Waals surface area (Å²) in [4.78, 5) is 36.7. The Labute approximate surface area is 118 Å². The molecule has 1 heterocycles. The van der Waals surface area contributed by atoms with Crippen LogP contribution in [0.25, 0.3) is 0 Å². The van der Waals surface area contributed by atoms with Crippen LogP contribution in [0, 0.1) is 17.8 Å². The summed E-state index contributed by atoms with van der Waals surface area (Å²) in [6, 6.07) is 0. The first kappa shape index (κ1) is 14.8. The molecule has 0 spiro atoms. The molecule has 0 radical (unpaired) electrons. The minimum atomic E-state index is -0.870. The fourth-order valence-electron chi connectivity index (χ4n) is 3.29. The number of likely N-dealkylation sites (tertiary alicyclic amines) is 1. The number of carbonyl (C=O) groups excluding carboxylic acids is 2. The van der Waals surface area contributed by atoms with E-state index in [1.165, 1.54) is 7.11 Å². The van der Waals surface area contributed by atoms with E-state index in [2.05, 4.69) is 0 Å². The molecule has 6 nitrogen and oxygen atoms in total. The molecule has 1 aliphatic heterocycles. The number of hydrogen-bond donors (Lipinski definition) is 1. The van der Waals surface area contributed by atoms with Crippen molar-refractivity contribution in [2.45, 2.75) is 32.1 Å². The average Bonchev–Trinajstić information content (AvgIpc) is 2.95. The zero-order chi connectivity index (χ0) is 14.7. The van der Waals surface area contributed by atoms with Gasteiger partial charge in [0.15, 0.2) is 0 Å². The van der Waals surface area contributed by atoms with Crippen molar-refractivity contribution in [1.29, 1.82) is 0 Å². The first-order valence-corrected chi connectivity index (χ1v) is 7.14. The van der Waals surface area contributed by atoms with Gasteiger partial charge >= 0.3 is 11.9 Å². The maximum atomic E-state index is 12.4. The molecule has 1 aliphatic carbocycles. The molecular formula is C14H21NO5. The highest BCUT2D eigenvalue weighted by Crippen LogP contribution is 2.34. The average molecular weight is 283 g/mol. The summed E-state index contributed by atoms with van der Waals surface area (Å²) in [7, 11) is 1.37. The number of hydrogen-bond acceptors (Lipinski definition) is 4. The van der Waals surface area contributed by atoms with Gasteiger partial charge in [0.05, 0.1) is 24.9 Å². The molecule has 2 atom stereocenters. The molecule has 1 amide bonds. The van der Waals surface area contributed by atoms with Gasteiger partial charge in [0.25, 0.3) is 0 Å². The first-order valence-electron chi connectivity index (χ1n) is 7.14. The van der Waals surface area contributed by atoms with Crippen molar-refractivity contribution < 1.29 is 24.2 Å². The molecule has 0 aromatic carbocycles. The SMILES string of the molecule is COC(=O)C1CCN(C(=O)[C@@H]2CCC[C@@H]2C(=O)O)CC1. The maximum absolute atomic E-state index is 12.4. The Kier molecular flexibility index (Phi) is 4.62. The number of methoxy groups -OCH3 is 1. The number of nitrogens with zero attached hydrogens (tertiary/aromatic N) is 1. The molecule has 2 rings (SSSR count). The molecule has 0 aromatic rings. The summed E-state index contributed by atoms with van der Waals surface area (Å²) in [6.45, 7) is 1.03. The molecule has 0 bridgehead atoms. The smallest absolute Gasteiger partial charge is 0.308 e. The highest BCUT2D eigenvalue weighted by atomic mass is 16.5. The molecule has 1 saturated carbocycles. The number of carboxylic acids is 1. The number of carboxylic acid groups (broad SMARTS) is 1. The number of ether oxygens (including phenoxy) is 1. The number of carbonyl (C=O) groups is 3. The van der Waals surface area contributed by atoms with E-state index in [9.17, 15) is 14.4 Å². The van der Waals surface area contributed by atoms with E-state index in [0.29, 0.717) is 38.8 Å². The number of piperidine rings is 1. The minimum absolute atomic E-state index is 0.0572. The monoisotopic (exact) mass is 283 g/mol. The van der Waals surface area contributed by atoms with Gasteiger partial charge < -0.3 is 14.7 Å². The van der Waals surface area contributed by atoms with Crippen LogP contribution in [-0.2, 0) is 19.1 Å². The molecule has 2 fully saturated rings. The molecule has 0 aromatic heterocycles. The van der Waals surface area contributed by atoms with E-state index in [-0.39, 0.29) is 23.7 Å². The van der Waals surface area contributed by atoms with Gasteiger partial charge in [-0.1, -0.05) is 6.42 Å². The van der Waals surface area contributed by atoms with Crippen LogP contribution in [0.1, 0.15) is 32.1 Å². The van der Waals surface area contributed by atoms with Crippen molar-refractivity contribution in [3.63, 3.8) is 0 Å². The van der Waals surface area contributed by atoms with Gasteiger partial charge in [0.2, 0.25) is 5.91 Å². The summed E-state index contributed by atoms with van der Waals surface area (Å²) < 4.78 is 4.71. The van der Waals surface area contributed by atoms with Crippen LogP contribution in [0.5, 0.6) is 0 Å². The van der Waals surface area contributed by atoms with E-state index >= 15 is 0 Å². The Hall–Kier alpha value is -1.59. The van der Waals surface area contributed by atoms with Gasteiger partial charge in [0.1, 0.15) is 0 Å². The van der Waals surface area contributed by atoms with E-state index in [1.54, 1.807) is 4.90 Å². The summed E-state index contributed by atoms with van der Waals surface area (Å²) in [5.41, 5.74) is 0. The molecule has 1 N–H and O–H groups in total. The number of aliphatic carboxylic acids is 1. The third kappa shape index (κ3) is 2.94. The number of rotatable bonds is 3. The zero-order valence-corrected chi connectivity index (χ0v) is 11.7. The van der Waals surface area contributed by atoms with Crippen molar-refractivity contribution in [3.05, 3.63) is 0 Å². The van der Waals surface area contributed by atoms with Gasteiger partial charge in [-0.3, -0.25) is 14.4 Å². The van der Waals surface area contributed by atoms with E-state index in [0.717, 1.165) is 6.42 Å². The summed E-state index contributed by atoms with van der Waals surface area (Å²) >= 11 is 0. The quantitative estimate of drug-likeness (QED) is 0.778. The molecule has 1 saturated heterocycles. The standard InChI is InChI=1S/C14H21NO5/c1-20-14(19)9-5-7-15(8-6-9)12(16)10-3-2-4-11(10)13(17)18/h9-11H,2-8H2,1H3,(H,17,18)/t10-,11+/m1/s1. The van der Waals surface area contributed by atoms with Gasteiger partial charge in [-0.25, -0.2) is 0 Å². The van der Waals surface area contributed by atoms with Crippen LogP contribution < -0.4 is 0 Å². The highest BCUT2D eigenvalue weighted by molar-refractivity contribution is 5.85. The van der Waals surface area contributed by atoms with Crippen LogP contribution in [0.3, 0.4) is 0 Å². The normalized spacial score (nSPS) is 27.4. The lowest BCUT2D eigenvalue weighted by atomic mass is 9.92. The fraction of sp³-hybridized carbons (Fsp3) is 0.786. The molecular weight excluding hydrogens is 262 g/mol. The largest absolute Gasteiger partial charge is 0.481 e. The second kappa shape index (κ2) is 6.24. The van der Waals surface area contributed by atoms with Crippen molar-refractivity contribution in [3.8, 4) is 0 Å². The predicted molar refractivity (Wildman–Crippen MR) is 69.8 cm³/mol. The van der Waals surface area contributed by atoms with Crippen LogP contribution in [0.15, 0.2) is 0 Å². The van der Waals surface area contributed by atoms with Gasteiger partial charge in [-0.05, 0) is 25.7 Å². The van der Waals surface area contributed by atoms with Gasteiger partial charge in [0, 0.05) is 13.1 Å². The number of amides is 1. The van der Waals surface area contributed by atoms with Gasteiger partial charge in [-0.2, -0.15) is 0 Å². The predicted octanol–water partition coefficient (Wildman–Crippen LogP) is 0.899. The second-order valence-electron chi connectivity index (χ2n) is 5.60. The van der Waals surface area contributed by atoms with E-state index in [4.69, 9.17) is 9.84 Å². The zero-order valence-electron chi connectivity index (χ0n) is 11.7. The van der Waals surface area contributed by atoms with Crippen molar-refractivity contribution in [2.24, 2.45) is 17.8 Å². The third-order valence-electron chi connectivity index (χ3n) is 4.49. The van der Waals surface area contributed by atoms with Crippen molar-refractivity contribution in [1.82, 2.24) is 4.90 Å². The lowest BCUT2D eigenvalue weighted by Crippen LogP contribution is -2.44. The molecule has 2 aliphatic rings. The second-order valence-corrected chi connectivity index (χ2v) is 5.60. The molecule has 6 heteroatoms. The molecule has 20 heavy (non-hydrogen) atoms. The van der Waals surface area contributed by atoms with Crippen molar-refractivity contribution in [2.75, 3.05) is 20.2 Å². The Balaban J connectivity index is 1.91. The van der Waals surface area contributed by atoms with Crippen LogP contribution in [0.4, 0.5) is 0 Å². The van der Waals surface area contributed by atoms with Gasteiger partial charge in [-0.15, -0.1) is 0 Å². The third-order valence-corrected chi connectivity index (χ3v) is 4.49. The number of esters is 1. The van der Waals surface area contributed by atoms with E-state index in [1.807, 2.05) is 0 Å². The lowest BCUT2D eigenvalue weighted by molar-refractivity contribution is -0.152. The van der Waals surface area contributed by atoms with Crippen LogP contribution in [0.2, 0.25) is 0 Å². The Morgan fingerprint density at radius 2 is 1.65 bits per heavy atom. The summed E-state index contributed by atoms with van der Waals surface area (Å²) in [5.74, 6) is -2.21. The summed E-state index contributed by atoms with van der Waals surface area (Å²) in [6.07, 6.45) is 3.24. The Morgan fingerprint density at radius 1 is 1.05 bits per heavy atom. The lowest BCUT2D eigenvalue weighted by Gasteiger charge is -2.33.